The lowest BCUT2D eigenvalue weighted by atomic mass is 9.76. The third-order valence-electron chi connectivity index (χ3n) is 5.01. The lowest BCUT2D eigenvalue weighted by Gasteiger charge is -2.39. The smallest absolute Gasteiger partial charge is 0.293 e. The van der Waals surface area contributed by atoms with Crippen LogP contribution < -0.4 is 10.4 Å². The molecule has 1 aliphatic heterocycles. The number of hydrogen-bond acceptors (Lipinski definition) is 4. The Morgan fingerprint density at radius 1 is 1.15 bits per heavy atom. The lowest BCUT2D eigenvalue weighted by Crippen LogP contribution is -2.30. The first-order chi connectivity index (χ1) is 12.4. The molecular formula is C18H12Cl3N2O3-. The van der Waals surface area contributed by atoms with E-state index in [9.17, 15) is 15.2 Å². The highest BCUT2D eigenvalue weighted by Gasteiger charge is 2.43. The first kappa shape index (κ1) is 17.5. The summed E-state index contributed by atoms with van der Waals surface area (Å²) < 4.78 is 0. The van der Waals surface area contributed by atoms with Crippen LogP contribution in [-0.4, -0.2) is 4.92 Å². The van der Waals surface area contributed by atoms with E-state index < -0.39 is 4.92 Å². The summed E-state index contributed by atoms with van der Waals surface area (Å²) in [6.07, 6.45) is 4.58. The quantitative estimate of drug-likeness (QED) is 0.405. The van der Waals surface area contributed by atoms with Gasteiger partial charge in [0.2, 0.25) is 0 Å². The van der Waals surface area contributed by atoms with E-state index in [-0.39, 0.29) is 40.0 Å². The number of allylic oxidation sites excluding steroid dienone is 2. The van der Waals surface area contributed by atoms with Crippen molar-refractivity contribution in [1.29, 1.82) is 0 Å². The maximum absolute atomic E-state index is 12.5. The van der Waals surface area contributed by atoms with Crippen LogP contribution in [0.2, 0.25) is 15.1 Å². The zero-order chi connectivity index (χ0) is 18.6. The number of hydrogen-bond donors (Lipinski definition) is 1. The van der Waals surface area contributed by atoms with Gasteiger partial charge in [-0.15, -0.1) is 0 Å². The molecule has 0 saturated heterocycles. The molecule has 3 atom stereocenters. The summed E-state index contributed by atoms with van der Waals surface area (Å²) in [4.78, 5) is 11.0. The number of fused-ring (bicyclic) bond motifs is 3. The molecule has 26 heavy (non-hydrogen) atoms. The predicted molar refractivity (Wildman–Crippen MR) is 100 cm³/mol. The highest BCUT2D eigenvalue weighted by molar-refractivity contribution is 6.35. The van der Waals surface area contributed by atoms with Gasteiger partial charge in [0.1, 0.15) is 5.02 Å². The van der Waals surface area contributed by atoms with Gasteiger partial charge in [0, 0.05) is 21.7 Å². The number of anilines is 1. The second-order valence-corrected chi connectivity index (χ2v) is 7.64. The van der Waals surface area contributed by atoms with E-state index in [0.717, 1.165) is 11.6 Å². The van der Waals surface area contributed by atoms with Gasteiger partial charge in [-0.2, -0.15) is 0 Å². The molecule has 2 aromatic rings. The van der Waals surface area contributed by atoms with Crippen molar-refractivity contribution in [3.05, 3.63) is 72.7 Å². The lowest BCUT2D eigenvalue weighted by molar-refractivity contribution is -0.385. The fourth-order valence-corrected chi connectivity index (χ4v) is 4.74. The van der Waals surface area contributed by atoms with Crippen LogP contribution in [-0.2, 0) is 0 Å². The van der Waals surface area contributed by atoms with Crippen LogP contribution in [0.15, 0.2) is 36.4 Å². The minimum absolute atomic E-state index is 0.0160. The first-order valence-corrected chi connectivity index (χ1v) is 9.07. The Kier molecular flexibility index (Phi) is 4.26. The van der Waals surface area contributed by atoms with Gasteiger partial charge in [0.05, 0.1) is 16.5 Å². The Balaban J connectivity index is 1.91. The molecule has 0 unspecified atom stereocenters. The van der Waals surface area contributed by atoms with Gasteiger partial charge in [0.25, 0.3) is 5.69 Å². The van der Waals surface area contributed by atoms with Gasteiger partial charge in [-0.3, -0.25) is 10.1 Å². The van der Waals surface area contributed by atoms with E-state index in [1.807, 2.05) is 18.2 Å². The molecular weight excluding hydrogens is 399 g/mol. The topological polar surface area (TPSA) is 78.2 Å². The Hall–Kier alpha value is -1.95. The van der Waals surface area contributed by atoms with Crippen molar-refractivity contribution >= 4 is 46.2 Å². The van der Waals surface area contributed by atoms with Gasteiger partial charge in [-0.05, 0) is 36.1 Å². The maximum Gasteiger partial charge on any atom is 0.293 e. The Morgan fingerprint density at radius 2 is 1.92 bits per heavy atom. The van der Waals surface area contributed by atoms with Crippen LogP contribution in [0.3, 0.4) is 0 Å². The van der Waals surface area contributed by atoms with E-state index >= 15 is 0 Å². The van der Waals surface area contributed by atoms with Crippen molar-refractivity contribution in [2.24, 2.45) is 5.92 Å². The summed E-state index contributed by atoms with van der Waals surface area (Å²) >= 11 is 18.4. The van der Waals surface area contributed by atoms with Gasteiger partial charge in [-0.1, -0.05) is 58.8 Å². The average molecular weight is 411 g/mol. The largest absolute Gasteiger partial charge is 0.871 e. The minimum Gasteiger partial charge on any atom is -0.871 e. The number of nitrogens with one attached hydrogen (secondary N) is 1. The van der Waals surface area contributed by atoms with E-state index in [4.69, 9.17) is 34.8 Å². The average Bonchev–Trinajstić information content (AvgIpc) is 3.04. The van der Waals surface area contributed by atoms with Crippen LogP contribution in [0.4, 0.5) is 11.4 Å². The molecule has 4 rings (SSSR count). The molecule has 2 aromatic carbocycles. The van der Waals surface area contributed by atoms with E-state index in [2.05, 4.69) is 5.32 Å². The van der Waals surface area contributed by atoms with Crippen molar-refractivity contribution in [1.82, 2.24) is 0 Å². The molecule has 8 heteroatoms. The molecule has 0 aromatic heterocycles. The second-order valence-electron chi connectivity index (χ2n) is 6.39. The molecule has 1 N–H and O–H groups in total. The van der Waals surface area contributed by atoms with Crippen LogP contribution in [0.1, 0.15) is 29.5 Å². The van der Waals surface area contributed by atoms with E-state index in [1.165, 1.54) is 0 Å². The summed E-state index contributed by atoms with van der Waals surface area (Å²) in [7, 11) is 0. The Morgan fingerprint density at radius 3 is 2.62 bits per heavy atom. The Bertz CT molecular complexity index is 961. The standard InChI is InChI=1S/C18H13Cl3N2O3/c19-8-4-5-11(12(20)6-8)16-10-3-1-2-9(10)15-17(22-16)14(24)7-13(21)18(15)23(25)26/h1-2,4-7,9-10,16,22,24H,3H2/p-1/t9-,10+,16+/m1/s1. The normalized spacial score (nSPS) is 23.3. The van der Waals surface area contributed by atoms with Crippen molar-refractivity contribution in [3.8, 4) is 5.75 Å². The molecule has 134 valence electrons. The molecule has 0 fully saturated rings. The zero-order valence-electron chi connectivity index (χ0n) is 13.2. The van der Waals surface area contributed by atoms with Crippen LogP contribution in [0.5, 0.6) is 5.75 Å². The fourth-order valence-electron chi connectivity index (χ4n) is 3.94. The number of benzene rings is 2. The van der Waals surface area contributed by atoms with Crippen molar-refractivity contribution in [2.75, 3.05) is 5.32 Å². The summed E-state index contributed by atoms with van der Waals surface area (Å²) in [5.41, 5.74) is 1.16. The minimum atomic E-state index is -0.527. The number of nitro benzene ring substituents is 1. The molecule has 1 aliphatic carbocycles. The van der Waals surface area contributed by atoms with Gasteiger partial charge in [-0.25, -0.2) is 0 Å². The summed E-state index contributed by atoms with van der Waals surface area (Å²) in [6.45, 7) is 0. The third-order valence-corrected chi connectivity index (χ3v) is 5.86. The fraction of sp³-hybridized carbons (Fsp3) is 0.222. The molecule has 2 aliphatic rings. The van der Waals surface area contributed by atoms with Crippen molar-refractivity contribution in [2.45, 2.75) is 18.4 Å². The van der Waals surface area contributed by atoms with E-state index in [1.54, 1.807) is 12.1 Å². The molecule has 1 heterocycles. The van der Waals surface area contributed by atoms with Gasteiger partial charge in [0.15, 0.2) is 0 Å². The Labute approximate surface area is 164 Å². The number of nitrogens with zero attached hydrogens (tertiary/aromatic N) is 1. The first-order valence-electron chi connectivity index (χ1n) is 7.94. The third kappa shape index (κ3) is 2.62. The highest BCUT2D eigenvalue weighted by atomic mass is 35.5. The molecule has 0 radical (unpaired) electrons. The molecule has 0 saturated carbocycles. The molecule has 0 spiro atoms. The highest BCUT2D eigenvalue weighted by Crippen LogP contribution is 2.56. The zero-order valence-corrected chi connectivity index (χ0v) is 15.5. The number of nitro groups is 1. The molecule has 0 bridgehead atoms. The molecule has 5 nitrogen and oxygen atoms in total. The predicted octanol–water partition coefficient (Wildman–Crippen LogP) is 5.46. The maximum atomic E-state index is 12.5. The number of halogens is 3. The van der Waals surface area contributed by atoms with Gasteiger partial charge < -0.3 is 10.4 Å². The summed E-state index contributed by atoms with van der Waals surface area (Å²) in [5.74, 6) is -0.669. The van der Waals surface area contributed by atoms with E-state index in [0.29, 0.717) is 22.0 Å². The summed E-state index contributed by atoms with van der Waals surface area (Å²) in [5, 5.41) is 28.1. The van der Waals surface area contributed by atoms with Crippen LogP contribution >= 0.6 is 34.8 Å². The monoisotopic (exact) mass is 409 g/mol. The van der Waals surface area contributed by atoms with Crippen molar-refractivity contribution in [3.63, 3.8) is 0 Å². The second kappa shape index (κ2) is 6.34. The van der Waals surface area contributed by atoms with Crippen molar-refractivity contribution < 1.29 is 10.0 Å². The number of rotatable bonds is 2. The van der Waals surface area contributed by atoms with Gasteiger partial charge >= 0.3 is 0 Å². The van der Waals surface area contributed by atoms with Crippen LogP contribution in [0, 0.1) is 16.0 Å². The summed E-state index contributed by atoms with van der Waals surface area (Å²) in [6, 6.07) is 6.03. The SMILES string of the molecule is O=[N+]([O-])c1c(Cl)cc([O-])c2c1[C@@H]1C=CC[C@@H]1[C@@H](c1ccc(Cl)cc1Cl)N2. The molecule has 0 amide bonds. The van der Waals surface area contributed by atoms with Crippen LogP contribution in [0.25, 0.3) is 0 Å².